The van der Waals surface area contributed by atoms with Gasteiger partial charge in [0.15, 0.2) is 0 Å². The van der Waals surface area contributed by atoms with Crippen molar-refractivity contribution in [3.63, 3.8) is 0 Å². The van der Waals surface area contributed by atoms with Gasteiger partial charge in [-0.1, -0.05) is 19.1 Å². The van der Waals surface area contributed by atoms with Crippen molar-refractivity contribution in [2.75, 3.05) is 13.2 Å². The highest BCUT2D eigenvalue weighted by atomic mass is 16.5. The molecule has 1 amide bonds. The van der Waals surface area contributed by atoms with Gasteiger partial charge in [0.05, 0.1) is 18.3 Å². The van der Waals surface area contributed by atoms with Gasteiger partial charge in [-0.15, -0.1) is 0 Å². The van der Waals surface area contributed by atoms with E-state index in [1.807, 2.05) is 13.0 Å². The second-order valence-electron chi connectivity index (χ2n) is 3.90. The van der Waals surface area contributed by atoms with Crippen molar-refractivity contribution in [3.05, 3.63) is 29.8 Å². The van der Waals surface area contributed by atoms with Gasteiger partial charge in [-0.3, -0.25) is 4.79 Å². The van der Waals surface area contributed by atoms with Crippen LogP contribution in [-0.4, -0.2) is 30.3 Å². The number of hydrogen-bond donors (Lipinski definition) is 2. The third-order valence-corrected chi connectivity index (χ3v) is 2.15. The second-order valence-corrected chi connectivity index (χ2v) is 3.90. The molecule has 0 aliphatic carbocycles. The molecule has 17 heavy (non-hydrogen) atoms. The van der Waals surface area contributed by atoms with E-state index in [1.54, 1.807) is 25.1 Å². The Bertz CT molecular complexity index is 363. The zero-order chi connectivity index (χ0) is 12.7. The molecule has 2 N–H and O–H groups in total. The van der Waals surface area contributed by atoms with Crippen LogP contribution >= 0.6 is 0 Å². The highest BCUT2D eigenvalue weighted by Crippen LogP contribution is 2.17. The minimum Gasteiger partial charge on any atom is -0.493 e. The summed E-state index contributed by atoms with van der Waals surface area (Å²) >= 11 is 0. The summed E-state index contributed by atoms with van der Waals surface area (Å²) in [6.45, 7) is 4.46. The summed E-state index contributed by atoms with van der Waals surface area (Å²) in [4.78, 5) is 11.8. The predicted molar refractivity (Wildman–Crippen MR) is 66.2 cm³/mol. The van der Waals surface area contributed by atoms with E-state index in [0.29, 0.717) is 17.9 Å². The SMILES string of the molecule is CCCOc1ccccc1C(=O)NC[C@H](C)O. The van der Waals surface area contributed by atoms with Gasteiger partial charge >= 0.3 is 0 Å². The molecule has 0 aliphatic heterocycles. The van der Waals surface area contributed by atoms with Gasteiger partial charge < -0.3 is 15.2 Å². The lowest BCUT2D eigenvalue weighted by atomic mass is 10.2. The summed E-state index contributed by atoms with van der Waals surface area (Å²) in [5, 5.41) is 11.8. The van der Waals surface area contributed by atoms with Gasteiger partial charge in [-0.25, -0.2) is 0 Å². The van der Waals surface area contributed by atoms with Gasteiger partial charge in [-0.05, 0) is 25.5 Å². The summed E-state index contributed by atoms with van der Waals surface area (Å²) in [6, 6.07) is 7.10. The molecule has 0 saturated carbocycles. The summed E-state index contributed by atoms with van der Waals surface area (Å²) < 4.78 is 5.49. The summed E-state index contributed by atoms with van der Waals surface area (Å²) in [7, 11) is 0. The lowest BCUT2D eigenvalue weighted by molar-refractivity contribution is 0.0920. The Hall–Kier alpha value is -1.55. The smallest absolute Gasteiger partial charge is 0.255 e. The lowest BCUT2D eigenvalue weighted by Crippen LogP contribution is -2.30. The zero-order valence-corrected chi connectivity index (χ0v) is 10.3. The lowest BCUT2D eigenvalue weighted by Gasteiger charge is -2.11. The largest absolute Gasteiger partial charge is 0.493 e. The molecule has 0 fully saturated rings. The van der Waals surface area contributed by atoms with Crippen molar-refractivity contribution in [1.82, 2.24) is 5.32 Å². The number of rotatable bonds is 6. The number of nitrogens with one attached hydrogen (secondary N) is 1. The average Bonchev–Trinajstić information content (AvgIpc) is 2.33. The number of carbonyl (C=O) groups excluding carboxylic acids is 1. The van der Waals surface area contributed by atoms with E-state index in [0.717, 1.165) is 6.42 Å². The van der Waals surface area contributed by atoms with Gasteiger partial charge in [0.25, 0.3) is 5.91 Å². The number of carbonyl (C=O) groups is 1. The van der Waals surface area contributed by atoms with E-state index >= 15 is 0 Å². The van der Waals surface area contributed by atoms with Crippen LogP contribution in [0.25, 0.3) is 0 Å². The Morgan fingerprint density at radius 1 is 1.47 bits per heavy atom. The van der Waals surface area contributed by atoms with Crippen LogP contribution in [0.15, 0.2) is 24.3 Å². The van der Waals surface area contributed by atoms with Crippen molar-refractivity contribution < 1.29 is 14.6 Å². The van der Waals surface area contributed by atoms with Crippen molar-refractivity contribution in [3.8, 4) is 5.75 Å². The molecule has 1 aromatic carbocycles. The van der Waals surface area contributed by atoms with Gasteiger partial charge in [0.1, 0.15) is 5.75 Å². The Labute approximate surface area is 102 Å². The summed E-state index contributed by atoms with van der Waals surface area (Å²) in [5.41, 5.74) is 0.501. The van der Waals surface area contributed by atoms with E-state index in [1.165, 1.54) is 0 Å². The first kappa shape index (κ1) is 13.5. The molecule has 4 nitrogen and oxygen atoms in total. The number of benzene rings is 1. The molecule has 0 saturated heterocycles. The molecule has 4 heteroatoms. The van der Waals surface area contributed by atoms with E-state index < -0.39 is 6.10 Å². The van der Waals surface area contributed by atoms with Gasteiger partial charge in [-0.2, -0.15) is 0 Å². The molecule has 0 radical (unpaired) electrons. The number of para-hydroxylation sites is 1. The normalized spacial score (nSPS) is 11.9. The maximum Gasteiger partial charge on any atom is 0.255 e. The van der Waals surface area contributed by atoms with Crippen molar-refractivity contribution in [2.45, 2.75) is 26.4 Å². The third-order valence-electron chi connectivity index (χ3n) is 2.15. The third kappa shape index (κ3) is 4.44. The molecule has 94 valence electrons. The van der Waals surface area contributed by atoms with E-state index in [2.05, 4.69) is 5.32 Å². The first-order valence-electron chi connectivity index (χ1n) is 5.83. The fourth-order valence-corrected chi connectivity index (χ4v) is 1.33. The number of aliphatic hydroxyl groups excluding tert-OH is 1. The minimum absolute atomic E-state index is 0.224. The van der Waals surface area contributed by atoms with Crippen molar-refractivity contribution in [2.24, 2.45) is 0 Å². The van der Waals surface area contributed by atoms with Crippen molar-refractivity contribution >= 4 is 5.91 Å². The highest BCUT2D eigenvalue weighted by molar-refractivity contribution is 5.96. The monoisotopic (exact) mass is 237 g/mol. The molecule has 1 rings (SSSR count). The molecular weight excluding hydrogens is 218 g/mol. The number of hydrogen-bond acceptors (Lipinski definition) is 3. The average molecular weight is 237 g/mol. The first-order chi connectivity index (χ1) is 8.15. The first-order valence-corrected chi connectivity index (χ1v) is 5.83. The molecular formula is C13H19NO3. The van der Waals surface area contributed by atoms with Crippen LogP contribution in [0.5, 0.6) is 5.75 Å². The Balaban J connectivity index is 2.70. The quantitative estimate of drug-likeness (QED) is 0.790. The number of amides is 1. The van der Waals surface area contributed by atoms with Crippen molar-refractivity contribution in [1.29, 1.82) is 0 Å². The molecule has 0 spiro atoms. The van der Waals surface area contributed by atoms with E-state index in [-0.39, 0.29) is 12.5 Å². The Kier molecular flexibility index (Phi) is 5.49. The maximum absolute atomic E-state index is 11.8. The van der Waals surface area contributed by atoms with Gasteiger partial charge in [0, 0.05) is 6.54 Å². The van der Waals surface area contributed by atoms with Crippen LogP contribution in [0, 0.1) is 0 Å². The van der Waals surface area contributed by atoms with Crippen LogP contribution in [0.3, 0.4) is 0 Å². The van der Waals surface area contributed by atoms with Crippen LogP contribution < -0.4 is 10.1 Å². The molecule has 0 aromatic heterocycles. The minimum atomic E-state index is -0.553. The van der Waals surface area contributed by atoms with Crippen LogP contribution in [0.4, 0.5) is 0 Å². The van der Waals surface area contributed by atoms with E-state index in [4.69, 9.17) is 9.84 Å². The number of ether oxygens (including phenoxy) is 1. The molecule has 1 atom stereocenters. The van der Waals surface area contributed by atoms with E-state index in [9.17, 15) is 4.79 Å². The second kappa shape index (κ2) is 6.91. The van der Waals surface area contributed by atoms with Crippen LogP contribution in [0.2, 0.25) is 0 Å². The Morgan fingerprint density at radius 3 is 2.82 bits per heavy atom. The number of aliphatic hydroxyl groups is 1. The topological polar surface area (TPSA) is 58.6 Å². The Morgan fingerprint density at radius 2 is 2.18 bits per heavy atom. The summed E-state index contributed by atoms with van der Waals surface area (Å²) in [5.74, 6) is 0.357. The fourth-order valence-electron chi connectivity index (χ4n) is 1.33. The molecule has 1 aromatic rings. The summed E-state index contributed by atoms with van der Waals surface area (Å²) in [6.07, 6.45) is 0.339. The van der Waals surface area contributed by atoms with Gasteiger partial charge in [0.2, 0.25) is 0 Å². The molecule has 0 unspecified atom stereocenters. The maximum atomic E-state index is 11.8. The molecule has 0 aliphatic rings. The zero-order valence-electron chi connectivity index (χ0n) is 10.3. The predicted octanol–water partition coefficient (Wildman–Crippen LogP) is 1.59. The van der Waals surface area contributed by atoms with Crippen LogP contribution in [-0.2, 0) is 0 Å². The molecule has 0 bridgehead atoms. The fraction of sp³-hybridized carbons (Fsp3) is 0.462. The standard InChI is InChI=1S/C13H19NO3/c1-3-8-17-12-7-5-4-6-11(12)13(16)14-9-10(2)15/h4-7,10,15H,3,8-9H2,1-2H3,(H,14,16)/t10-/m0/s1. The molecule has 0 heterocycles. The van der Waals surface area contributed by atoms with Crippen LogP contribution in [0.1, 0.15) is 30.6 Å². The highest BCUT2D eigenvalue weighted by Gasteiger charge is 2.11.